The van der Waals surface area contributed by atoms with Crippen LogP contribution < -0.4 is 10.5 Å². The van der Waals surface area contributed by atoms with E-state index in [2.05, 4.69) is 23.8 Å². The molecule has 4 nitrogen and oxygen atoms in total. The van der Waals surface area contributed by atoms with Gasteiger partial charge in [-0.1, -0.05) is 37.0 Å². The van der Waals surface area contributed by atoms with Crippen molar-refractivity contribution >= 4 is 29.2 Å². The molecule has 1 aromatic heterocycles. The number of hydrogen-bond donors (Lipinski definition) is 1. The first kappa shape index (κ1) is 15.4. The second-order valence-electron chi connectivity index (χ2n) is 5.18. The minimum atomic E-state index is 0.266. The Balaban J connectivity index is 2.34. The number of aromatic nitrogens is 2. The maximum atomic E-state index is 6.48. The number of aryl methyl sites for hydroxylation is 1. The van der Waals surface area contributed by atoms with Crippen molar-refractivity contribution < 1.29 is 4.74 Å². The van der Waals surface area contributed by atoms with Crippen LogP contribution in [-0.2, 0) is 19.3 Å². The fourth-order valence-corrected chi connectivity index (χ4v) is 3.62. The average molecular weight is 338 g/mol. The molecule has 0 saturated heterocycles. The third kappa shape index (κ3) is 2.40. The van der Waals surface area contributed by atoms with Gasteiger partial charge >= 0.3 is 0 Å². The first-order valence-corrected chi connectivity index (χ1v) is 8.11. The van der Waals surface area contributed by atoms with Crippen LogP contribution >= 0.6 is 23.2 Å². The van der Waals surface area contributed by atoms with E-state index >= 15 is 0 Å². The van der Waals surface area contributed by atoms with Crippen LogP contribution in [0, 0.1) is 0 Å². The molecule has 0 bridgehead atoms. The van der Waals surface area contributed by atoms with Crippen LogP contribution in [0.3, 0.4) is 0 Å². The second-order valence-corrected chi connectivity index (χ2v) is 6.00. The highest BCUT2D eigenvalue weighted by molar-refractivity contribution is 6.37. The Hall–Kier alpha value is -1.52. The number of hydrogen-bond acceptors (Lipinski definition) is 4. The topological polar surface area (TPSA) is 61.0 Å². The van der Waals surface area contributed by atoms with E-state index in [4.69, 9.17) is 33.7 Å². The number of halogens is 2. The molecular weight excluding hydrogens is 321 g/mol. The maximum Gasteiger partial charge on any atom is 0.220 e. The van der Waals surface area contributed by atoms with E-state index in [-0.39, 0.29) is 5.95 Å². The SMILES string of the molecule is CCc1nc(N)nc(-c2c(Cl)cc(Cl)c3c2CCO3)c1CC. The number of nitrogens with zero attached hydrogens (tertiary/aromatic N) is 2. The molecule has 1 aromatic carbocycles. The van der Waals surface area contributed by atoms with Crippen molar-refractivity contribution in [2.75, 3.05) is 12.3 Å². The van der Waals surface area contributed by atoms with Crippen LogP contribution in [-0.4, -0.2) is 16.6 Å². The predicted molar refractivity (Wildman–Crippen MR) is 89.9 cm³/mol. The molecule has 2 heterocycles. The van der Waals surface area contributed by atoms with Gasteiger partial charge in [0.2, 0.25) is 5.95 Å². The predicted octanol–water partition coefficient (Wildman–Crippen LogP) is 4.09. The van der Waals surface area contributed by atoms with Crippen LogP contribution in [0.4, 0.5) is 5.95 Å². The van der Waals surface area contributed by atoms with Gasteiger partial charge in [-0.15, -0.1) is 0 Å². The highest BCUT2D eigenvalue weighted by Crippen LogP contribution is 2.45. The normalized spacial score (nSPS) is 13.1. The van der Waals surface area contributed by atoms with Crippen molar-refractivity contribution in [3.63, 3.8) is 0 Å². The Bertz CT molecular complexity index is 747. The van der Waals surface area contributed by atoms with Gasteiger partial charge in [0.1, 0.15) is 5.75 Å². The number of fused-ring (bicyclic) bond motifs is 1. The molecule has 0 atom stereocenters. The fraction of sp³-hybridized carbons (Fsp3) is 0.375. The van der Waals surface area contributed by atoms with Crippen LogP contribution in [0.1, 0.15) is 30.7 Å². The van der Waals surface area contributed by atoms with Crippen molar-refractivity contribution in [1.29, 1.82) is 0 Å². The van der Waals surface area contributed by atoms with Crippen molar-refractivity contribution in [2.24, 2.45) is 0 Å². The lowest BCUT2D eigenvalue weighted by Crippen LogP contribution is -2.07. The Morgan fingerprint density at radius 1 is 1.18 bits per heavy atom. The maximum absolute atomic E-state index is 6.48. The van der Waals surface area contributed by atoms with Crippen molar-refractivity contribution in [1.82, 2.24) is 9.97 Å². The first-order chi connectivity index (χ1) is 10.6. The number of anilines is 1. The van der Waals surface area contributed by atoms with Crippen LogP contribution in [0.15, 0.2) is 6.07 Å². The van der Waals surface area contributed by atoms with Gasteiger partial charge in [-0.25, -0.2) is 9.97 Å². The third-order valence-electron chi connectivity index (χ3n) is 3.92. The zero-order valence-corrected chi connectivity index (χ0v) is 14.1. The van der Waals surface area contributed by atoms with Gasteiger partial charge in [-0.05, 0) is 24.5 Å². The van der Waals surface area contributed by atoms with E-state index in [0.29, 0.717) is 22.4 Å². The minimum Gasteiger partial charge on any atom is -0.491 e. The second kappa shape index (κ2) is 5.94. The molecule has 0 aliphatic carbocycles. The van der Waals surface area contributed by atoms with E-state index in [1.165, 1.54) is 0 Å². The van der Waals surface area contributed by atoms with Gasteiger partial charge in [0.25, 0.3) is 0 Å². The molecule has 6 heteroatoms. The molecule has 1 aliphatic rings. The van der Waals surface area contributed by atoms with Gasteiger partial charge in [-0.2, -0.15) is 0 Å². The lowest BCUT2D eigenvalue weighted by Gasteiger charge is -2.16. The van der Waals surface area contributed by atoms with Crippen LogP contribution in [0.5, 0.6) is 5.75 Å². The van der Waals surface area contributed by atoms with E-state index in [9.17, 15) is 0 Å². The average Bonchev–Trinajstić information content (AvgIpc) is 2.96. The third-order valence-corrected chi connectivity index (χ3v) is 4.50. The minimum absolute atomic E-state index is 0.266. The first-order valence-electron chi connectivity index (χ1n) is 7.36. The summed E-state index contributed by atoms with van der Waals surface area (Å²) in [4.78, 5) is 8.83. The summed E-state index contributed by atoms with van der Waals surface area (Å²) in [6.45, 7) is 4.74. The van der Waals surface area contributed by atoms with E-state index in [1.54, 1.807) is 6.07 Å². The standard InChI is InChI=1S/C16H17Cl2N3O/c1-3-8-12(4-2)20-16(19)21-14(8)13-9-5-6-22-15(9)11(18)7-10(13)17/h7H,3-6H2,1-2H3,(H2,19,20,21). The number of nitrogen functional groups attached to an aromatic ring is 1. The Morgan fingerprint density at radius 3 is 2.64 bits per heavy atom. The van der Waals surface area contributed by atoms with Gasteiger partial charge in [-0.3, -0.25) is 0 Å². The van der Waals surface area contributed by atoms with Gasteiger partial charge in [0, 0.05) is 23.2 Å². The molecule has 0 unspecified atom stereocenters. The number of ether oxygens (including phenoxy) is 1. The molecule has 2 N–H and O–H groups in total. The van der Waals surface area contributed by atoms with E-state index < -0.39 is 0 Å². The highest BCUT2D eigenvalue weighted by Gasteiger charge is 2.26. The molecule has 22 heavy (non-hydrogen) atoms. The summed E-state index contributed by atoms with van der Waals surface area (Å²) in [7, 11) is 0. The molecule has 0 spiro atoms. The van der Waals surface area contributed by atoms with Crippen molar-refractivity contribution in [3.8, 4) is 17.0 Å². The monoisotopic (exact) mass is 337 g/mol. The lowest BCUT2D eigenvalue weighted by atomic mass is 9.96. The Labute approximate surface area is 139 Å². The zero-order valence-electron chi connectivity index (χ0n) is 12.5. The molecule has 0 amide bonds. The zero-order chi connectivity index (χ0) is 15.9. The molecule has 3 rings (SSSR count). The van der Waals surface area contributed by atoms with Crippen LogP contribution in [0.2, 0.25) is 10.0 Å². The summed E-state index contributed by atoms with van der Waals surface area (Å²) in [5.41, 5.74) is 10.6. The summed E-state index contributed by atoms with van der Waals surface area (Å²) >= 11 is 12.7. The van der Waals surface area contributed by atoms with Crippen molar-refractivity contribution in [3.05, 3.63) is 32.9 Å². The molecular formula is C16H17Cl2N3O. The van der Waals surface area contributed by atoms with E-state index in [0.717, 1.165) is 47.3 Å². The molecule has 2 aromatic rings. The number of benzene rings is 1. The number of nitrogens with two attached hydrogens (primary N) is 1. The lowest BCUT2D eigenvalue weighted by molar-refractivity contribution is 0.357. The smallest absolute Gasteiger partial charge is 0.220 e. The summed E-state index contributed by atoms with van der Waals surface area (Å²) in [6, 6.07) is 1.71. The van der Waals surface area contributed by atoms with Gasteiger partial charge in [0.15, 0.2) is 0 Å². The fourth-order valence-electron chi connectivity index (χ4n) is 2.98. The molecule has 116 valence electrons. The molecule has 0 saturated carbocycles. The summed E-state index contributed by atoms with van der Waals surface area (Å²) in [5, 5.41) is 1.11. The molecule has 0 radical (unpaired) electrons. The summed E-state index contributed by atoms with van der Waals surface area (Å²) < 4.78 is 5.64. The number of rotatable bonds is 3. The molecule has 0 fully saturated rings. The van der Waals surface area contributed by atoms with Crippen molar-refractivity contribution in [2.45, 2.75) is 33.1 Å². The quantitative estimate of drug-likeness (QED) is 0.916. The Kier molecular flexibility index (Phi) is 4.15. The van der Waals surface area contributed by atoms with E-state index in [1.807, 2.05) is 0 Å². The van der Waals surface area contributed by atoms with Crippen LogP contribution in [0.25, 0.3) is 11.3 Å². The Morgan fingerprint density at radius 2 is 1.95 bits per heavy atom. The van der Waals surface area contributed by atoms with Gasteiger partial charge in [0.05, 0.1) is 22.3 Å². The van der Waals surface area contributed by atoms with Gasteiger partial charge < -0.3 is 10.5 Å². The summed E-state index contributed by atoms with van der Waals surface area (Å²) in [6.07, 6.45) is 2.37. The largest absolute Gasteiger partial charge is 0.491 e. The molecule has 1 aliphatic heterocycles. The highest BCUT2D eigenvalue weighted by atomic mass is 35.5. The summed E-state index contributed by atoms with van der Waals surface area (Å²) in [5.74, 6) is 0.973.